The summed E-state index contributed by atoms with van der Waals surface area (Å²) in [5.74, 6) is -1.01. The second-order valence-corrected chi connectivity index (χ2v) is 7.33. The molecule has 1 aromatic heterocycles. The first-order chi connectivity index (χ1) is 13.4. The van der Waals surface area contributed by atoms with Crippen LogP contribution in [0.5, 0.6) is 0 Å². The summed E-state index contributed by atoms with van der Waals surface area (Å²) in [7, 11) is -2.54. The highest BCUT2D eigenvalue weighted by molar-refractivity contribution is 7.89. The van der Waals surface area contributed by atoms with E-state index in [1.165, 1.54) is 48.4 Å². The maximum absolute atomic E-state index is 12.4. The third kappa shape index (κ3) is 4.08. The number of aromatic nitrogens is 2. The lowest BCUT2D eigenvalue weighted by Gasteiger charge is -2.10. The van der Waals surface area contributed by atoms with Crippen LogP contribution in [0.25, 0.3) is 5.69 Å². The van der Waals surface area contributed by atoms with Crippen molar-refractivity contribution in [3.05, 3.63) is 78.4 Å². The number of carbonyl (C=O) groups is 2. The van der Waals surface area contributed by atoms with Crippen LogP contribution in [0, 0.1) is 0 Å². The highest BCUT2D eigenvalue weighted by Gasteiger charge is 2.18. The van der Waals surface area contributed by atoms with Crippen LogP contribution >= 0.6 is 0 Å². The molecule has 10 heteroatoms. The van der Waals surface area contributed by atoms with Crippen LogP contribution in [0.4, 0.5) is 0 Å². The van der Waals surface area contributed by atoms with Crippen molar-refractivity contribution in [1.29, 1.82) is 0 Å². The van der Waals surface area contributed by atoms with E-state index >= 15 is 0 Å². The van der Waals surface area contributed by atoms with Gasteiger partial charge in [0.25, 0.3) is 21.8 Å². The van der Waals surface area contributed by atoms with E-state index in [0.717, 1.165) is 0 Å². The van der Waals surface area contributed by atoms with Gasteiger partial charge in [-0.25, -0.2) is 13.4 Å². The minimum atomic E-state index is -4.02. The van der Waals surface area contributed by atoms with Crippen molar-refractivity contribution in [2.75, 3.05) is 7.05 Å². The zero-order valence-corrected chi connectivity index (χ0v) is 15.6. The number of hydrazine groups is 1. The first-order valence-corrected chi connectivity index (χ1v) is 9.63. The predicted molar refractivity (Wildman–Crippen MR) is 101 cm³/mol. The van der Waals surface area contributed by atoms with Crippen molar-refractivity contribution in [1.82, 2.24) is 25.1 Å². The van der Waals surface area contributed by atoms with E-state index in [4.69, 9.17) is 0 Å². The molecule has 0 saturated carbocycles. The summed E-state index contributed by atoms with van der Waals surface area (Å²) >= 11 is 0. The molecule has 0 unspecified atom stereocenters. The van der Waals surface area contributed by atoms with Crippen molar-refractivity contribution in [3.63, 3.8) is 0 Å². The lowest BCUT2D eigenvalue weighted by atomic mass is 10.2. The van der Waals surface area contributed by atoms with Crippen LogP contribution in [0.2, 0.25) is 0 Å². The highest BCUT2D eigenvalue weighted by atomic mass is 32.2. The Morgan fingerprint density at radius 1 is 0.964 bits per heavy atom. The van der Waals surface area contributed by atoms with Gasteiger partial charge >= 0.3 is 0 Å². The Kier molecular flexibility index (Phi) is 5.52. The number of amides is 2. The van der Waals surface area contributed by atoms with Gasteiger partial charge in [-0.15, -0.1) is 4.83 Å². The molecule has 3 aromatic rings. The molecule has 0 radical (unpaired) electrons. The van der Waals surface area contributed by atoms with Crippen molar-refractivity contribution < 1.29 is 18.0 Å². The highest BCUT2D eigenvalue weighted by Crippen LogP contribution is 2.12. The van der Waals surface area contributed by atoms with Gasteiger partial charge in [-0.1, -0.05) is 18.2 Å². The van der Waals surface area contributed by atoms with Crippen LogP contribution in [-0.2, 0) is 10.0 Å². The third-order valence-corrected chi connectivity index (χ3v) is 5.12. The Bertz CT molecular complexity index is 1090. The number of para-hydroxylation sites is 1. The summed E-state index contributed by atoms with van der Waals surface area (Å²) in [4.78, 5) is 29.8. The van der Waals surface area contributed by atoms with E-state index < -0.39 is 15.9 Å². The van der Waals surface area contributed by atoms with Crippen molar-refractivity contribution in [3.8, 4) is 5.69 Å². The largest absolute Gasteiger partial charge is 0.355 e. The van der Waals surface area contributed by atoms with Gasteiger partial charge in [0.1, 0.15) is 5.69 Å². The van der Waals surface area contributed by atoms with Crippen molar-refractivity contribution in [2.45, 2.75) is 4.90 Å². The molecular formula is C18H17N5O4S. The van der Waals surface area contributed by atoms with Gasteiger partial charge < -0.3 is 5.32 Å². The molecule has 0 bridgehead atoms. The molecule has 0 atom stereocenters. The third-order valence-electron chi connectivity index (χ3n) is 3.86. The van der Waals surface area contributed by atoms with E-state index in [9.17, 15) is 18.0 Å². The second kappa shape index (κ2) is 8.03. The lowest BCUT2D eigenvalue weighted by molar-refractivity contribution is 0.0936. The monoisotopic (exact) mass is 399 g/mol. The standard InChI is InChI=1S/C18H17N5O4S/c1-19-17(24)13-7-9-15(10-8-13)28(26,27)22-21-18(25)16-11-20-12-23(16)14-5-3-2-4-6-14/h2-12,22H,1H3,(H,19,24)(H,21,25). The fraction of sp³-hybridized carbons (Fsp3) is 0.0556. The summed E-state index contributed by atoms with van der Waals surface area (Å²) in [5, 5.41) is 2.44. The molecule has 144 valence electrons. The number of hydrogen-bond donors (Lipinski definition) is 3. The molecule has 0 aliphatic heterocycles. The van der Waals surface area contributed by atoms with Gasteiger partial charge in [-0.3, -0.25) is 19.6 Å². The van der Waals surface area contributed by atoms with E-state index in [2.05, 4.69) is 15.7 Å². The number of rotatable bonds is 6. The molecule has 1 heterocycles. The molecule has 0 fully saturated rings. The van der Waals surface area contributed by atoms with E-state index in [1.54, 1.807) is 12.1 Å². The Labute approximate surface area is 161 Å². The van der Waals surface area contributed by atoms with Crippen LogP contribution < -0.4 is 15.6 Å². The molecule has 3 N–H and O–H groups in total. The van der Waals surface area contributed by atoms with Crippen LogP contribution in [0.3, 0.4) is 0 Å². The fourth-order valence-corrected chi connectivity index (χ4v) is 3.26. The number of imidazole rings is 1. The minimum Gasteiger partial charge on any atom is -0.355 e. The number of carbonyl (C=O) groups excluding carboxylic acids is 2. The predicted octanol–water partition coefficient (Wildman–Crippen LogP) is 0.855. The van der Waals surface area contributed by atoms with E-state index in [0.29, 0.717) is 11.3 Å². The van der Waals surface area contributed by atoms with Crippen LogP contribution in [0.1, 0.15) is 20.8 Å². The van der Waals surface area contributed by atoms with Crippen molar-refractivity contribution >= 4 is 21.8 Å². The zero-order valence-electron chi connectivity index (χ0n) is 14.8. The summed E-state index contributed by atoms with van der Waals surface area (Å²) in [6.07, 6.45) is 2.78. The molecule has 0 aliphatic rings. The normalized spacial score (nSPS) is 11.0. The van der Waals surface area contributed by atoms with Crippen LogP contribution in [-0.4, -0.2) is 36.8 Å². The fourth-order valence-electron chi connectivity index (χ4n) is 2.42. The van der Waals surface area contributed by atoms with Gasteiger partial charge in [0.05, 0.1) is 17.4 Å². The Balaban J connectivity index is 1.73. The quantitative estimate of drug-likeness (QED) is 0.531. The molecule has 28 heavy (non-hydrogen) atoms. The summed E-state index contributed by atoms with van der Waals surface area (Å²) in [6, 6.07) is 14.3. The maximum atomic E-state index is 12.4. The smallest absolute Gasteiger partial charge is 0.284 e. The summed E-state index contributed by atoms with van der Waals surface area (Å²) in [5.41, 5.74) is 3.35. The Morgan fingerprint density at radius 2 is 1.64 bits per heavy atom. The first kappa shape index (κ1) is 19.3. The molecule has 9 nitrogen and oxygen atoms in total. The van der Waals surface area contributed by atoms with Gasteiger partial charge in [-0.05, 0) is 36.4 Å². The van der Waals surface area contributed by atoms with Gasteiger partial charge in [0.2, 0.25) is 0 Å². The minimum absolute atomic E-state index is 0.1000. The maximum Gasteiger partial charge on any atom is 0.284 e. The van der Waals surface area contributed by atoms with E-state index in [1.807, 2.05) is 23.0 Å². The lowest BCUT2D eigenvalue weighted by Crippen LogP contribution is -2.42. The van der Waals surface area contributed by atoms with Crippen LogP contribution in [0.15, 0.2) is 72.0 Å². The molecule has 0 aliphatic carbocycles. The molecule has 0 spiro atoms. The van der Waals surface area contributed by atoms with Crippen molar-refractivity contribution in [2.24, 2.45) is 0 Å². The second-order valence-electron chi connectivity index (χ2n) is 5.65. The number of nitrogens with zero attached hydrogens (tertiary/aromatic N) is 2. The first-order valence-electron chi connectivity index (χ1n) is 8.14. The van der Waals surface area contributed by atoms with Gasteiger partial charge in [0.15, 0.2) is 0 Å². The number of sulfonamides is 1. The molecule has 3 rings (SSSR count). The topological polar surface area (TPSA) is 122 Å². The SMILES string of the molecule is CNC(=O)c1ccc(S(=O)(=O)NNC(=O)c2cncn2-c2ccccc2)cc1. The summed E-state index contributed by atoms with van der Waals surface area (Å²) < 4.78 is 26.3. The number of benzene rings is 2. The Hall–Kier alpha value is -3.50. The van der Waals surface area contributed by atoms with Gasteiger partial charge in [-0.2, -0.15) is 0 Å². The molecule has 2 amide bonds. The zero-order chi connectivity index (χ0) is 20.1. The van der Waals surface area contributed by atoms with Gasteiger partial charge in [0, 0.05) is 18.3 Å². The number of hydrogen-bond acceptors (Lipinski definition) is 5. The molecule has 2 aromatic carbocycles. The molecular weight excluding hydrogens is 382 g/mol. The Morgan fingerprint density at radius 3 is 2.29 bits per heavy atom. The number of nitrogens with one attached hydrogen (secondary N) is 3. The summed E-state index contributed by atoms with van der Waals surface area (Å²) in [6.45, 7) is 0. The van der Waals surface area contributed by atoms with E-state index in [-0.39, 0.29) is 16.5 Å². The average molecular weight is 399 g/mol. The molecule has 0 saturated heterocycles. The average Bonchev–Trinajstić information content (AvgIpc) is 3.22.